The Labute approximate surface area is 98.6 Å². The fourth-order valence-electron chi connectivity index (χ4n) is 1.37. The van der Waals surface area contributed by atoms with E-state index in [-0.39, 0.29) is 18.0 Å². The van der Waals surface area contributed by atoms with Gasteiger partial charge < -0.3 is 10.0 Å². The zero-order valence-electron chi connectivity index (χ0n) is 9.82. The number of carboxylic acids is 1. The first kappa shape index (κ1) is 16.9. The first-order valence-corrected chi connectivity index (χ1v) is 5.15. The Hall–Kier alpha value is -0.540. The van der Waals surface area contributed by atoms with E-state index in [4.69, 9.17) is 5.11 Å². The summed E-state index contributed by atoms with van der Waals surface area (Å²) in [5, 5.41) is 7.89. The molecule has 15 heavy (non-hydrogen) atoms. The number of likely N-dealkylation sites (tertiary alicyclic amines) is 1. The van der Waals surface area contributed by atoms with Crippen LogP contribution in [0.1, 0.15) is 33.6 Å². The molecule has 1 aliphatic rings. The van der Waals surface area contributed by atoms with E-state index in [9.17, 15) is 4.79 Å². The monoisotopic (exact) mass is 235 g/mol. The van der Waals surface area contributed by atoms with E-state index >= 15 is 0 Å². The van der Waals surface area contributed by atoms with E-state index in [0.29, 0.717) is 0 Å². The molecule has 1 fully saturated rings. The molecule has 0 saturated carbocycles. The zero-order chi connectivity index (χ0) is 11.1. The van der Waals surface area contributed by atoms with Gasteiger partial charge in [0.25, 0.3) is 0 Å². The molecular weight excluding hydrogens is 214 g/mol. The maximum atomic E-state index is 9.60. The number of carbonyl (C=O) groups is 1. The van der Waals surface area contributed by atoms with E-state index in [1.165, 1.54) is 32.9 Å². The van der Waals surface area contributed by atoms with Crippen LogP contribution in [-0.4, -0.2) is 35.1 Å². The van der Waals surface area contributed by atoms with Crippen LogP contribution in [0.3, 0.4) is 0 Å². The van der Waals surface area contributed by atoms with Crippen LogP contribution in [0.4, 0.5) is 0 Å². The summed E-state index contributed by atoms with van der Waals surface area (Å²) in [7, 11) is 0. The van der Waals surface area contributed by atoms with Gasteiger partial charge in [0.15, 0.2) is 0 Å². The first-order valence-electron chi connectivity index (χ1n) is 5.15. The van der Waals surface area contributed by atoms with Crippen LogP contribution < -0.4 is 0 Å². The highest BCUT2D eigenvalue weighted by Gasteiger charge is 2.23. The third-order valence-electron chi connectivity index (χ3n) is 2.51. The van der Waals surface area contributed by atoms with E-state index in [1.54, 1.807) is 0 Å². The van der Waals surface area contributed by atoms with Gasteiger partial charge in [0, 0.05) is 11.6 Å². The van der Waals surface area contributed by atoms with Gasteiger partial charge in [0.1, 0.15) is 0 Å². The van der Waals surface area contributed by atoms with Crippen LogP contribution in [-0.2, 0) is 4.79 Å². The highest BCUT2D eigenvalue weighted by Crippen LogP contribution is 2.18. The Morgan fingerprint density at radius 3 is 2.07 bits per heavy atom. The van der Waals surface area contributed by atoms with Crippen LogP contribution in [0.25, 0.3) is 0 Å². The molecule has 0 aromatic heterocycles. The van der Waals surface area contributed by atoms with E-state index < -0.39 is 5.97 Å². The number of hydrogen-bond acceptors (Lipinski definition) is 2. The normalized spacial score (nSPS) is 19.0. The van der Waals surface area contributed by atoms with E-state index in [0.717, 1.165) is 6.04 Å². The summed E-state index contributed by atoms with van der Waals surface area (Å²) in [6, 6.07) is 0.931. The lowest BCUT2D eigenvalue weighted by Crippen LogP contribution is -2.46. The molecule has 0 bridgehead atoms. The van der Waals surface area contributed by atoms with Crippen molar-refractivity contribution in [3.05, 3.63) is 12.2 Å². The van der Waals surface area contributed by atoms with Crippen molar-refractivity contribution in [3.63, 3.8) is 0 Å². The molecule has 3 nitrogen and oxygen atoms in total. The van der Waals surface area contributed by atoms with Crippen molar-refractivity contribution >= 4 is 18.4 Å². The van der Waals surface area contributed by atoms with Crippen LogP contribution in [0, 0.1) is 0 Å². The van der Waals surface area contributed by atoms with Crippen molar-refractivity contribution in [2.24, 2.45) is 0 Å². The third-order valence-corrected chi connectivity index (χ3v) is 2.51. The number of halogens is 1. The van der Waals surface area contributed by atoms with Gasteiger partial charge in [0.2, 0.25) is 0 Å². The molecule has 0 aromatic carbocycles. The standard InChI is InChI=1S/C7H15N.C4H6O2.ClH/c1-3-7-5-6-8(7)4-2;1-3(2)4(5)6;/h7H,3-6H2,1-2H3;1H2,2H3,(H,5,6);1H. The average molecular weight is 236 g/mol. The molecule has 1 atom stereocenters. The van der Waals surface area contributed by atoms with E-state index in [2.05, 4.69) is 25.3 Å². The smallest absolute Gasteiger partial charge is 0.330 e. The topological polar surface area (TPSA) is 40.5 Å². The highest BCUT2D eigenvalue weighted by atomic mass is 35.5. The van der Waals surface area contributed by atoms with Gasteiger partial charge >= 0.3 is 5.97 Å². The predicted molar refractivity (Wildman–Crippen MR) is 65.6 cm³/mol. The maximum Gasteiger partial charge on any atom is 0.330 e. The van der Waals surface area contributed by atoms with Crippen molar-refractivity contribution < 1.29 is 9.90 Å². The molecule has 1 aliphatic heterocycles. The van der Waals surface area contributed by atoms with Gasteiger partial charge in [0.05, 0.1) is 0 Å². The van der Waals surface area contributed by atoms with Gasteiger partial charge in [-0.2, -0.15) is 0 Å². The summed E-state index contributed by atoms with van der Waals surface area (Å²) in [4.78, 5) is 12.1. The molecule has 0 spiro atoms. The largest absolute Gasteiger partial charge is 0.478 e. The molecular formula is C11H22ClNO2. The highest BCUT2D eigenvalue weighted by molar-refractivity contribution is 5.85. The van der Waals surface area contributed by atoms with Crippen molar-refractivity contribution in [3.8, 4) is 0 Å². The van der Waals surface area contributed by atoms with Gasteiger partial charge in [-0.1, -0.05) is 20.4 Å². The second-order valence-corrected chi connectivity index (χ2v) is 3.56. The third kappa shape index (κ3) is 6.52. The second kappa shape index (κ2) is 8.74. The van der Waals surface area contributed by atoms with Gasteiger partial charge in [-0.15, -0.1) is 12.4 Å². The predicted octanol–water partition coefficient (Wildman–Crippen LogP) is 2.56. The summed E-state index contributed by atoms with van der Waals surface area (Å²) in [5.74, 6) is -0.935. The molecule has 0 aliphatic carbocycles. The Balaban J connectivity index is 0. The number of nitrogens with zero attached hydrogens (tertiary/aromatic N) is 1. The van der Waals surface area contributed by atoms with Crippen molar-refractivity contribution in [1.29, 1.82) is 0 Å². The quantitative estimate of drug-likeness (QED) is 0.765. The van der Waals surface area contributed by atoms with Gasteiger partial charge in [-0.05, 0) is 32.9 Å². The van der Waals surface area contributed by atoms with Crippen molar-refractivity contribution in [1.82, 2.24) is 4.90 Å². The van der Waals surface area contributed by atoms with Crippen LogP contribution in [0.5, 0.6) is 0 Å². The Bertz CT molecular complexity index is 181. The molecule has 90 valence electrons. The number of hydrogen-bond donors (Lipinski definition) is 1. The molecule has 1 unspecified atom stereocenters. The summed E-state index contributed by atoms with van der Waals surface area (Å²) in [5.41, 5.74) is 0.176. The minimum Gasteiger partial charge on any atom is -0.478 e. The number of aliphatic carboxylic acids is 1. The summed E-state index contributed by atoms with van der Waals surface area (Å²) in [6.07, 6.45) is 2.78. The molecule has 1 heterocycles. The molecule has 0 aromatic rings. The minimum atomic E-state index is -0.935. The average Bonchev–Trinajstić information content (AvgIpc) is 2.05. The van der Waals surface area contributed by atoms with E-state index in [1.807, 2.05) is 0 Å². The SMILES string of the molecule is C=C(C)C(=O)O.CCC1CCN1CC.Cl. The van der Waals surface area contributed by atoms with Crippen LogP contribution in [0.2, 0.25) is 0 Å². The molecule has 0 amide bonds. The second-order valence-electron chi connectivity index (χ2n) is 3.56. The Morgan fingerprint density at radius 1 is 1.53 bits per heavy atom. The van der Waals surface area contributed by atoms with Gasteiger partial charge in [-0.25, -0.2) is 4.79 Å². The number of carboxylic acid groups (broad SMARTS) is 1. The summed E-state index contributed by atoms with van der Waals surface area (Å²) in [6.45, 7) is 11.7. The summed E-state index contributed by atoms with van der Waals surface area (Å²) >= 11 is 0. The molecule has 1 saturated heterocycles. The van der Waals surface area contributed by atoms with Crippen LogP contribution >= 0.6 is 12.4 Å². The lowest BCUT2D eigenvalue weighted by atomic mass is 10.0. The molecule has 0 radical (unpaired) electrons. The Kier molecular flexibility index (Phi) is 9.84. The fraction of sp³-hybridized carbons (Fsp3) is 0.727. The number of rotatable bonds is 3. The lowest BCUT2D eigenvalue weighted by molar-refractivity contribution is -0.132. The summed E-state index contributed by atoms with van der Waals surface area (Å²) < 4.78 is 0. The first-order chi connectivity index (χ1) is 6.52. The van der Waals surface area contributed by atoms with Crippen molar-refractivity contribution in [2.75, 3.05) is 13.1 Å². The molecule has 1 N–H and O–H groups in total. The molecule has 4 heteroatoms. The zero-order valence-corrected chi connectivity index (χ0v) is 10.6. The minimum absolute atomic E-state index is 0. The van der Waals surface area contributed by atoms with Crippen molar-refractivity contribution in [2.45, 2.75) is 39.7 Å². The van der Waals surface area contributed by atoms with Crippen LogP contribution in [0.15, 0.2) is 12.2 Å². The Morgan fingerprint density at radius 2 is 2.00 bits per heavy atom. The maximum absolute atomic E-state index is 9.60. The fourth-order valence-corrected chi connectivity index (χ4v) is 1.37. The molecule has 1 rings (SSSR count). The van der Waals surface area contributed by atoms with Gasteiger partial charge in [-0.3, -0.25) is 0 Å². The lowest BCUT2D eigenvalue weighted by Gasteiger charge is -2.39.